The Bertz CT molecular complexity index is 1420. The maximum absolute atomic E-state index is 12.9. The Kier molecular flexibility index (Phi) is 5.15. The molecule has 0 saturated carbocycles. The van der Waals surface area contributed by atoms with Crippen LogP contribution in [0, 0.1) is 0 Å². The molecule has 2 heterocycles. The van der Waals surface area contributed by atoms with Crippen LogP contribution in [0.25, 0.3) is 17.0 Å². The SMILES string of the molecule is CCn1cc(C=C2Oc3cc(OC(=O)c4ccccc4Br)ccc3C2=O)c2ccccc21. The average molecular weight is 488 g/mol. The fraction of sp³-hybridized carbons (Fsp3) is 0.0769. The fourth-order valence-corrected chi connectivity index (χ4v) is 4.26. The quantitative estimate of drug-likeness (QED) is 0.193. The third kappa shape index (κ3) is 3.52. The smallest absolute Gasteiger partial charge is 0.344 e. The second kappa shape index (κ2) is 8.13. The van der Waals surface area contributed by atoms with Crippen molar-refractivity contribution in [2.24, 2.45) is 0 Å². The number of nitrogens with zero attached hydrogens (tertiary/aromatic N) is 1. The summed E-state index contributed by atoms with van der Waals surface area (Å²) in [6.45, 7) is 2.90. The summed E-state index contributed by atoms with van der Waals surface area (Å²) in [6.07, 6.45) is 3.78. The highest BCUT2D eigenvalue weighted by Crippen LogP contribution is 2.36. The molecule has 3 aromatic carbocycles. The van der Waals surface area contributed by atoms with E-state index in [0.29, 0.717) is 27.1 Å². The van der Waals surface area contributed by atoms with Crippen molar-refractivity contribution in [3.05, 3.63) is 99.8 Å². The Morgan fingerprint density at radius 3 is 2.69 bits per heavy atom. The van der Waals surface area contributed by atoms with Crippen molar-refractivity contribution >= 4 is 44.7 Å². The van der Waals surface area contributed by atoms with Crippen LogP contribution in [-0.4, -0.2) is 16.3 Å². The number of carbonyl (C=O) groups is 2. The summed E-state index contributed by atoms with van der Waals surface area (Å²) in [7, 11) is 0. The maximum Gasteiger partial charge on any atom is 0.344 e. The Labute approximate surface area is 193 Å². The van der Waals surface area contributed by atoms with E-state index in [1.807, 2.05) is 30.5 Å². The number of aromatic nitrogens is 1. The van der Waals surface area contributed by atoms with Crippen molar-refractivity contribution in [3.63, 3.8) is 0 Å². The fourth-order valence-electron chi connectivity index (χ4n) is 3.81. The summed E-state index contributed by atoms with van der Waals surface area (Å²) >= 11 is 3.35. The van der Waals surface area contributed by atoms with Gasteiger partial charge < -0.3 is 14.0 Å². The van der Waals surface area contributed by atoms with Crippen LogP contribution in [0.4, 0.5) is 0 Å². The normalized spacial score (nSPS) is 13.9. The highest BCUT2D eigenvalue weighted by molar-refractivity contribution is 9.10. The van der Waals surface area contributed by atoms with E-state index in [0.717, 1.165) is 23.0 Å². The van der Waals surface area contributed by atoms with Crippen LogP contribution in [0.1, 0.15) is 33.2 Å². The molecule has 32 heavy (non-hydrogen) atoms. The highest BCUT2D eigenvalue weighted by Gasteiger charge is 2.28. The van der Waals surface area contributed by atoms with Gasteiger partial charge in [0.1, 0.15) is 11.5 Å². The molecule has 0 amide bonds. The Morgan fingerprint density at radius 1 is 1.09 bits per heavy atom. The lowest BCUT2D eigenvalue weighted by molar-refractivity contribution is 0.0733. The predicted molar refractivity (Wildman–Crippen MR) is 126 cm³/mol. The van der Waals surface area contributed by atoms with E-state index in [2.05, 4.69) is 33.5 Å². The molecule has 6 heteroatoms. The Balaban J connectivity index is 1.43. The molecule has 4 aromatic rings. The lowest BCUT2D eigenvalue weighted by Gasteiger charge is -2.06. The van der Waals surface area contributed by atoms with E-state index in [-0.39, 0.29) is 11.5 Å². The molecule has 0 N–H and O–H groups in total. The molecule has 5 rings (SSSR count). The van der Waals surface area contributed by atoms with Gasteiger partial charge in [-0.1, -0.05) is 30.3 Å². The summed E-state index contributed by atoms with van der Waals surface area (Å²) in [4.78, 5) is 25.4. The molecule has 0 spiro atoms. The van der Waals surface area contributed by atoms with Crippen molar-refractivity contribution in [2.75, 3.05) is 0 Å². The van der Waals surface area contributed by atoms with E-state index in [1.165, 1.54) is 0 Å². The highest BCUT2D eigenvalue weighted by atomic mass is 79.9. The largest absolute Gasteiger partial charge is 0.452 e. The topological polar surface area (TPSA) is 57.5 Å². The molecule has 0 fully saturated rings. The zero-order chi connectivity index (χ0) is 22.2. The van der Waals surface area contributed by atoms with Crippen LogP contribution in [0.15, 0.2) is 83.2 Å². The molecular weight excluding hydrogens is 470 g/mol. The molecule has 0 saturated heterocycles. The van der Waals surface area contributed by atoms with Crippen LogP contribution in [-0.2, 0) is 6.54 Å². The van der Waals surface area contributed by atoms with E-state index < -0.39 is 5.97 Å². The van der Waals surface area contributed by atoms with Gasteiger partial charge in [-0.25, -0.2) is 4.79 Å². The number of hydrogen-bond donors (Lipinski definition) is 0. The third-order valence-electron chi connectivity index (χ3n) is 5.39. The first-order chi connectivity index (χ1) is 15.5. The molecule has 0 unspecified atom stereocenters. The van der Waals surface area contributed by atoms with Crippen LogP contribution in [0.5, 0.6) is 11.5 Å². The van der Waals surface area contributed by atoms with Gasteiger partial charge in [0, 0.05) is 39.7 Å². The number of para-hydroxylation sites is 1. The summed E-state index contributed by atoms with van der Waals surface area (Å²) in [5.41, 5.74) is 2.87. The minimum Gasteiger partial charge on any atom is -0.452 e. The van der Waals surface area contributed by atoms with E-state index in [1.54, 1.807) is 42.5 Å². The van der Waals surface area contributed by atoms with Crippen molar-refractivity contribution in [3.8, 4) is 11.5 Å². The number of halogens is 1. The first-order valence-electron chi connectivity index (χ1n) is 10.2. The number of allylic oxidation sites excluding steroid dienone is 1. The molecule has 0 radical (unpaired) electrons. The maximum atomic E-state index is 12.9. The Hall–Kier alpha value is -3.64. The molecule has 0 bridgehead atoms. The Morgan fingerprint density at radius 2 is 1.88 bits per heavy atom. The van der Waals surface area contributed by atoms with E-state index in [9.17, 15) is 9.59 Å². The number of Topliss-reactive ketones (excluding diaryl/α,β-unsaturated/α-hetero) is 1. The monoisotopic (exact) mass is 487 g/mol. The zero-order valence-electron chi connectivity index (χ0n) is 17.2. The molecule has 158 valence electrons. The van der Waals surface area contributed by atoms with Crippen molar-refractivity contribution < 1.29 is 19.1 Å². The standard InChI is InChI=1S/C26H18BrNO4/c1-2-28-15-16(18-7-4-6-10-22(18)28)13-24-25(29)20-12-11-17(14-23(20)32-24)31-26(30)19-8-3-5-9-21(19)27/h3-15H,2H2,1H3. The van der Waals surface area contributed by atoms with Gasteiger partial charge in [-0.05, 0) is 59.3 Å². The van der Waals surface area contributed by atoms with Crippen LogP contribution in [0.3, 0.4) is 0 Å². The molecule has 0 atom stereocenters. The van der Waals surface area contributed by atoms with Gasteiger partial charge >= 0.3 is 5.97 Å². The first kappa shape index (κ1) is 20.3. The van der Waals surface area contributed by atoms with E-state index in [4.69, 9.17) is 9.47 Å². The number of ketones is 1. The third-order valence-corrected chi connectivity index (χ3v) is 6.08. The minimum absolute atomic E-state index is 0.197. The van der Waals surface area contributed by atoms with Gasteiger partial charge in [-0.2, -0.15) is 0 Å². The summed E-state index contributed by atoms with van der Waals surface area (Å²) < 4.78 is 14.1. The second-order valence-corrected chi connectivity index (χ2v) is 8.21. The number of ether oxygens (including phenoxy) is 2. The number of hydrogen-bond acceptors (Lipinski definition) is 4. The number of aryl methyl sites for hydroxylation is 1. The van der Waals surface area contributed by atoms with Gasteiger partial charge in [-0.15, -0.1) is 0 Å². The summed E-state index contributed by atoms with van der Waals surface area (Å²) in [6, 6.07) is 19.9. The summed E-state index contributed by atoms with van der Waals surface area (Å²) in [5, 5.41) is 1.05. The lowest BCUT2D eigenvalue weighted by atomic mass is 10.1. The number of rotatable bonds is 4. The predicted octanol–water partition coefficient (Wildman–Crippen LogP) is 6.26. The molecule has 1 aliphatic rings. The van der Waals surface area contributed by atoms with Crippen LogP contribution < -0.4 is 9.47 Å². The summed E-state index contributed by atoms with van der Waals surface area (Å²) in [5.74, 6) is 0.231. The number of carbonyl (C=O) groups excluding carboxylic acids is 2. The van der Waals surface area contributed by atoms with E-state index >= 15 is 0 Å². The van der Waals surface area contributed by atoms with Crippen LogP contribution in [0.2, 0.25) is 0 Å². The van der Waals surface area contributed by atoms with Crippen molar-refractivity contribution in [1.82, 2.24) is 4.57 Å². The van der Waals surface area contributed by atoms with Gasteiger partial charge in [0.2, 0.25) is 5.78 Å². The zero-order valence-corrected chi connectivity index (χ0v) is 18.8. The molecule has 0 aliphatic carbocycles. The van der Waals surface area contributed by atoms with Gasteiger partial charge in [0.15, 0.2) is 5.76 Å². The second-order valence-electron chi connectivity index (χ2n) is 7.35. The number of fused-ring (bicyclic) bond motifs is 2. The molecular formula is C26H18BrNO4. The lowest BCUT2D eigenvalue weighted by Crippen LogP contribution is -2.09. The van der Waals surface area contributed by atoms with Crippen molar-refractivity contribution in [2.45, 2.75) is 13.5 Å². The number of benzene rings is 3. The van der Waals surface area contributed by atoms with Crippen LogP contribution >= 0.6 is 15.9 Å². The first-order valence-corrected chi connectivity index (χ1v) is 11.0. The molecule has 5 nitrogen and oxygen atoms in total. The molecule has 1 aliphatic heterocycles. The van der Waals surface area contributed by atoms with Crippen molar-refractivity contribution in [1.29, 1.82) is 0 Å². The number of esters is 1. The minimum atomic E-state index is -0.495. The van der Waals surface area contributed by atoms with Gasteiger partial charge in [0.25, 0.3) is 0 Å². The average Bonchev–Trinajstić information content (AvgIpc) is 3.31. The van der Waals surface area contributed by atoms with Gasteiger partial charge in [-0.3, -0.25) is 4.79 Å². The van der Waals surface area contributed by atoms with Gasteiger partial charge in [0.05, 0.1) is 11.1 Å². The molecule has 1 aromatic heterocycles.